The van der Waals surface area contributed by atoms with E-state index in [0.717, 1.165) is 25.7 Å². The number of carbonyl (C=O) groups is 1. The molecule has 0 aromatic heterocycles. The van der Waals surface area contributed by atoms with Crippen LogP contribution in [0, 0.1) is 0 Å². The third-order valence-corrected chi connectivity index (χ3v) is 5.10. The van der Waals surface area contributed by atoms with E-state index in [9.17, 15) is 9.90 Å². The molecule has 1 heterocycles. The van der Waals surface area contributed by atoms with Crippen molar-refractivity contribution in [3.8, 4) is 0 Å². The van der Waals surface area contributed by atoms with Gasteiger partial charge in [-0.3, -0.25) is 0 Å². The summed E-state index contributed by atoms with van der Waals surface area (Å²) in [5.41, 5.74) is 7.53. The largest absolute Gasteiger partial charge is 0.479 e. The second-order valence-electron chi connectivity index (χ2n) is 5.95. The fourth-order valence-electron chi connectivity index (χ4n) is 2.86. The first-order valence-corrected chi connectivity index (χ1v) is 9.32. The second-order valence-corrected chi connectivity index (χ2v) is 7.20. The van der Waals surface area contributed by atoms with E-state index in [2.05, 4.69) is 6.92 Å². The summed E-state index contributed by atoms with van der Waals surface area (Å²) in [7, 11) is 0. The quantitative estimate of drug-likeness (QED) is 0.622. The van der Waals surface area contributed by atoms with Gasteiger partial charge in [0.25, 0.3) is 0 Å². The zero-order valence-corrected chi connectivity index (χ0v) is 16.2. The summed E-state index contributed by atoms with van der Waals surface area (Å²) in [6.07, 6.45) is 5.73. The van der Waals surface area contributed by atoms with Gasteiger partial charge in [0.15, 0.2) is 6.04 Å². The van der Waals surface area contributed by atoms with Crippen molar-refractivity contribution >= 4 is 46.5 Å². The lowest BCUT2D eigenvalue weighted by Crippen LogP contribution is -2.44. The van der Waals surface area contributed by atoms with Gasteiger partial charge in [0.1, 0.15) is 0 Å². The molecule has 0 spiro atoms. The molecule has 0 radical (unpaired) electrons. The van der Waals surface area contributed by atoms with E-state index in [1.165, 1.54) is 0 Å². The number of carboxylic acids is 1. The third kappa shape index (κ3) is 4.63. The van der Waals surface area contributed by atoms with Crippen LogP contribution in [0.1, 0.15) is 38.2 Å². The second kappa shape index (κ2) is 8.84. The Hall–Kier alpha value is -1.36. The zero-order valence-electron chi connectivity index (χ0n) is 13.9. The molecular formula is C18H21Cl3N2O2. The Morgan fingerprint density at radius 1 is 1.24 bits per heavy atom. The van der Waals surface area contributed by atoms with Gasteiger partial charge in [-0.1, -0.05) is 61.0 Å². The SMILES string of the molecule is CCCCCCN1C(c2ccc(Cl)cc2Cl)=CC(N)=C(Cl)C1C(=O)O. The van der Waals surface area contributed by atoms with Crippen molar-refractivity contribution in [1.82, 2.24) is 4.90 Å². The van der Waals surface area contributed by atoms with Gasteiger partial charge < -0.3 is 15.7 Å². The maximum atomic E-state index is 11.8. The maximum absolute atomic E-state index is 11.8. The van der Waals surface area contributed by atoms with Crippen LogP contribution < -0.4 is 5.73 Å². The van der Waals surface area contributed by atoms with E-state index >= 15 is 0 Å². The number of allylic oxidation sites excluding steroid dienone is 1. The Morgan fingerprint density at radius 3 is 2.56 bits per heavy atom. The van der Waals surface area contributed by atoms with Gasteiger partial charge in [0.05, 0.1) is 15.8 Å². The lowest BCUT2D eigenvalue weighted by molar-refractivity contribution is -0.140. The minimum Gasteiger partial charge on any atom is -0.479 e. The van der Waals surface area contributed by atoms with Crippen molar-refractivity contribution in [2.24, 2.45) is 5.73 Å². The molecule has 1 unspecified atom stereocenters. The van der Waals surface area contributed by atoms with Crippen LogP contribution in [-0.2, 0) is 4.79 Å². The molecule has 0 saturated carbocycles. The summed E-state index contributed by atoms with van der Waals surface area (Å²) in [5.74, 6) is -1.04. The fraction of sp³-hybridized carbons (Fsp3) is 0.389. The number of unbranched alkanes of at least 4 members (excludes halogenated alkanes) is 3. The van der Waals surface area contributed by atoms with Crippen LogP contribution >= 0.6 is 34.8 Å². The van der Waals surface area contributed by atoms with Crippen molar-refractivity contribution in [3.05, 3.63) is 50.6 Å². The van der Waals surface area contributed by atoms with Crippen molar-refractivity contribution in [3.63, 3.8) is 0 Å². The molecule has 7 heteroatoms. The lowest BCUT2D eigenvalue weighted by Gasteiger charge is -2.36. The van der Waals surface area contributed by atoms with Crippen LogP contribution in [0.3, 0.4) is 0 Å². The van der Waals surface area contributed by atoms with Gasteiger partial charge in [-0.15, -0.1) is 0 Å². The van der Waals surface area contributed by atoms with Crippen molar-refractivity contribution in [2.75, 3.05) is 6.54 Å². The first-order valence-electron chi connectivity index (χ1n) is 8.18. The minimum absolute atomic E-state index is 0.122. The number of hydrogen-bond acceptors (Lipinski definition) is 3. The topological polar surface area (TPSA) is 66.6 Å². The molecule has 136 valence electrons. The molecule has 0 bridgehead atoms. The molecule has 0 amide bonds. The monoisotopic (exact) mass is 402 g/mol. The molecule has 4 nitrogen and oxygen atoms in total. The normalized spacial score (nSPS) is 17.7. The smallest absolute Gasteiger partial charge is 0.332 e. The van der Waals surface area contributed by atoms with E-state index in [1.807, 2.05) is 0 Å². The Kier molecular flexibility index (Phi) is 7.05. The zero-order chi connectivity index (χ0) is 18.6. The Balaban J connectivity index is 2.43. The summed E-state index contributed by atoms with van der Waals surface area (Å²) in [6, 6.07) is 4.08. The Morgan fingerprint density at radius 2 is 1.96 bits per heavy atom. The van der Waals surface area contributed by atoms with Crippen LogP contribution in [0.2, 0.25) is 10.0 Å². The summed E-state index contributed by atoms with van der Waals surface area (Å²) in [6.45, 7) is 2.67. The molecule has 1 atom stereocenters. The predicted molar refractivity (Wildman–Crippen MR) is 104 cm³/mol. The molecule has 0 aliphatic carbocycles. The van der Waals surface area contributed by atoms with Gasteiger partial charge in [-0.25, -0.2) is 4.79 Å². The molecule has 1 aromatic rings. The van der Waals surface area contributed by atoms with Crippen LogP contribution in [0.5, 0.6) is 0 Å². The van der Waals surface area contributed by atoms with Crippen molar-refractivity contribution in [2.45, 2.75) is 38.6 Å². The fourth-order valence-corrected chi connectivity index (χ4v) is 3.63. The number of aliphatic carboxylic acids is 1. The highest BCUT2D eigenvalue weighted by molar-refractivity contribution is 6.36. The number of benzene rings is 1. The minimum atomic E-state index is -1.04. The number of nitrogens with two attached hydrogens (primary N) is 1. The van der Waals surface area contributed by atoms with Gasteiger partial charge >= 0.3 is 5.97 Å². The van der Waals surface area contributed by atoms with E-state index in [1.54, 1.807) is 29.2 Å². The van der Waals surface area contributed by atoms with Crippen LogP contribution in [0.25, 0.3) is 5.70 Å². The predicted octanol–water partition coefficient (Wildman–Crippen LogP) is 5.09. The molecular weight excluding hydrogens is 383 g/mol. The van der Waals surface area contributed by atoms with Gasteiger partial charge in [0.2, 0.25) is 0 Å². The Bertz CT molecular complexity index is 716. The van der Waals surface area contributed by atoms with E-state index in [4.69, 9.17) is 40.5 Å². The Labute approximate surface area is 162 Å². The number of rotatable bonds is 7. The number of hydrogen-bond donors (Lipinski definition) is 2. The number of carboxylic acid groups (broad SMARTS) is 1. The van der Waals surface area contributed by atoms with Crippen LogP contribution in [0.15, 0.2) is 35.0 Å². The average Bonchev–Trinajstić information content (AvgIpc) is 2.54. The molecule has 25 heavy (non-hydrogen) atoms. The molecule has 2 rings (SSSR count). The highest BCUT2D eigenvalue weighted by Gasteiger charge is 2.35. The first kappa shape index (κ1) is 20.0. The maximum Gasteiger partial charge on any atom is 0.332 e. The number of halogens is 3. The highest BCUT2D eigenvalue weighted by atomic mass is 35.5. The molecule has 0 fully saturated rings. The number of nitrogens with zero attached hydrogens (tertiary/aromatic N) is 1. The first-order chi connectivity index (χ1) is 11.9. The van der Waals surface area contributed by atoms with E-state index < -0.39 is 12.0 Å². The highest BCUT2D eigenvalue weighted by Crippen LogP contribution is 2.37. The molecule has 1 aromatic carbocycles. The van der Waals surface area contributed by atoms with Crippen LogP contribution in [-0.4, -0.2) is 28.6 Å². The van der Waals surface area contributed by atoms with E-state index in [-0.39, 0.29) is 10.7 Å². The van der Waals surface area contributed by atoms with Crippen molar-refractivity contribution in [1.29, 1.82) is 0 Å². The van der Waals surface area contributed by atoms with Crippen LogP contribution in [0.4, 0.5) is 0 Å². The summed E-state index contributed by atoms with van der Waals surface area (Å²) >= 11 is 18.5. The molecule has 1 aliphatic heterocycles. The average molecular weight is 404 g/mol. The van der Waals surface area contributed by atoms with Gasteiger partial charge in [-0.2, -0.15) is 0 Å². The molecule has 3 N–H and O–H groups in total. The summed E-state index contributed by atoms with van der Waals surface area (Å²) in [5, 5.41) is 10.8. The standard InChI is InChI=1S/C18H21Cl3N2O2/c1-2-3-4-5-8-23-15(12-7-6-11(19)9-13(12)20)10-14(22)16(21)17(23)18(24)25/h6-7,9-10,17H,2-5,8,22H2,1H3,(H,24,25). The van der Waals surface area contributed by atoms with E-state index in [0.29, 0.717) is 27.9 Å². The van der Waals surface area contributed by atoms with Gasteiger partial charge in [0, 0.05) is 22.8 Å². The lowest BCUT2D eigenvalue weighted by atomic mass is 10.0. The van der Waals surface area contributed by atoms with Gasteiger partial charge in [-0.05, 0) is 30.7 Å². The van der Waals surface area contributed by atoms with Crippen molar-refractivity contribution < 1.29 is 9.90 Å². The molecule has 1 aliphatic rings. The summed E-state index contributed by atoms with van der Waals surface area (Å²) < 4.78 is 0. The summed E-state index contributed by atoms with van der Waals surface area (Å²) in [4.78, 5) is 13.6. The molecule has 0 saturated heterocycles. The third-order valence-electron chi connectivity index (χ3n) is 4.12.